The fourth-order valence-corrected chi connectivity index (χ4v) is 8.66. The van der Waals surface area contributed by atoms with Crippen molar-refractivity contribution in [3.8, 4) is 17.1 Å². The van der Waals surface area contributed by atoms with E-state index in [1.54, 1.807) is 20.8 Å². The first-order valence-corrected chi connectivity index (χ1v) is 20.7. The van der Waals surface area contributed by atoms with Crippen LogP contribution in [0.2, 0.25) is 0 Å². The highest BCUT2D eigenvalue weighted by atomic mass is 32.2. The van der Waals surface area contributed by atoms with Crippen LogP contribution in [-0.4, -0.2) is 89.2 Å². The summed E-state index contributed by atoms with van der Waals surface area (Å²) in [5, 5.41) is 4.91. The number of carbonyl (C=O) groups excluding carboxylic acids is 4. The van der Waals surface area contributed by atoms with Crippen molar-refractivity contribution in [1.29, 1.82) is 0 Å². The number of hydrogen-bond donors (Lipinski definition) is 3. The number of aromatic nitrogens is 2. The third-order valence-electron chi connectivity index (χ3n) is 10.8. The largest absolute Gasteiger partial charge is 0.471 e. The maximum absolute atomic E-state index is 14.6. The van der Waals surface area contributed by atoms with Crippen molar-refractivity contribution < 1.29 is 37.1 Å². The second kappa shape index (κ2) is 15.3. The molecule has 2 aliphatic carbocycles. The lowest BCUT2D eigenvalue weighted by molar-refractivity contribution is -0.142. The Bertz CT molecular complexity index is 2180. The Labute approximate surface area is 326 Å². The van der Waals surface area contributed by atoms with Crippen molar-refractivity contribution in [2.24, 2.45) is 11.3 Å². The lowest BCUT2D eigenvalue weighted by Crippen LogP contribution is -2.60. The van der Waals surface area contributed by atoms with Gasteiger partial charge in [-0.1, -0.05) is 75.4 Å². The van der Waals surface area contributed by atoms with Crippen molar-refractivity contribution in [3.05, 3.63) is 72.8 Å². The second-order valence-corrected chi connectivity index (χ2v) is 18.1. The summed E-state index contributed by atoms with van der Waals surface area (Å²) in [6.45, 7) is 9.25. The van der Waals surface area contributed by atoms with Crippen molar-refractivity contribution in [1.82, 2.24) is 30.2 Å². The van der Waals surface area contributed by atoms with Gasteiger partial charge in [0.2, 0.25) is 27.7 Å². The number of amides is 4. The minimum Gasteiger partial charge on any atom is -0.471 e. The molecular formula is C41H48N6O8S. The number of benzene rings is 2. The van der Waals surface area contributed by atoms with Gasteiger partial charge in [-0.25, -0.2) is 23.2 Å². The smallest absolute Gasteiger partial charge is 0.407 e. The molecule has 3 N–H and O–H groups in total. The highest BCUT2D eigenvalue weighted by Gasteiger charge is 2.62. The van der Waals surface area contributed by atoms with E-state index in [0.29, 0.717) is 36.0 Å². The molecule has 56 heavy (non-hydrogen) atoms. The Kier molecular flexibility index (Phi) is 10.7. The van der Waals surface area contributed by atoms with Crippen LogP contribution in [0.15, 0.2) is 67.3 Å². The van der Waals surface area contributed by atoms with Crippen LogP contribution in [0.4, 0.5) is 4.79 Å². The Morgan fingerprint density at radius 2 is 1.82 bits per heavy atom. The Hall–Kier alpha value is -5.31. The van der Waals surface area contributed by atoms with Gasteiger partial charge >= 0.3 is 6.09 Å². The number of nitrogens with zero attached hydrogens (tertiary/aromatic N) is 3. The number of alkyl carbamates (subject to hydrolysis) is 1. The Balaban J connectivity index is 1.26. The van der Waals surface area contributed by atoms with Crippen LogP contribution in [0.5, 0.6) is 5.88 Å². The van der Waals surface area contributed by atoms with Crippen molar-refractivity contribution in [3.63, 3.8) is 0 Å². The Morgan fingerprint density at radius 3 is 2.52 bits per heavy atom. The van der Waals surface area contributed by atoms with Crippen molar-refractivity contribution >= 4 is 50.9 Å². The van der Waals surface area contributed by atoms with Crippen LogP contribution in [0.1, 0.15) is 71.3 Å². The van der Waals surface area contributed by atoms with Gasteiger partial charge in [0.15, 0.2) is 0 Å². The number of cyclic esters (lactones) is 1. The monoisotopic (exact) mass is 784 g/mol. The number of fused-ring (bicyclic) bond motifs is 4. The summed E-state index contributed by atoms with van der Waals surface area (Å²) >= 11 is 0. The topological polar surface area (TPSA) is 186 Å². The van der Waals surface area contributed by atoms with Gasteiger partial charge in [0, 0.05) is 17.9 Å². The lowest BCUT2D eigenvalue weighted by Gasteiger charge is -2.35. The molecule has 3 aromatic rings. The van der Waals surface area contributed by atoms with E-state index in [2.05, 4.69) is 21.9 Å². The molecule has 2 aliphatic heterocycles. The number of hydrogen-bond acceptors (Lipinski definition) is 10. The van der Waals surface area contributed by atoms with Crippen LogP contribution in [-0.2, 0) is 29.1 Å². The standard InChI is InChI=1S/C41H48N6O8S/c1-5-27-23-41(27,38(50)46-56(52,53)29-17-18-29)45-35(48)32-22-28-24-47(32)37(49)34(40(2,3)4)44-39(51)54-20-12-7-6-9-13-25-16-19-30-31(21-25)43-36(55-28)33(42-30)26-14-10-8-11-15-26/h5,8-11,13-16,19,21,27-29,32,34H,1,6-7,12,17-18,20,22-24H2,2-4H3,(H,44,51)(H,45,48)(H,46,50)/b13-9+/t27-,28-,32+,34-,41+/m1/s1. The van der Waals surface area contributed by atoms with Gasteiger partial charge in [0.1, 0.15) is 29.4 Å². The van der Waals surface area contributed by atoms with Gasteiger partial charge in [-0.05, 0) is 61.6 Å². The maximum atomic E-state index is 14.6. The first kappa shape index (κ1) is 38.9. The van der Waals surface area contributed by atoms with Crippen LogP contribution in [0.25, 0.3) is 28.4 Å². The summed E-state index contributed by atoms with van der Waals surface area (Å²) in [6, 6.07) is 12.9. The molecule has 296 valence electrons. The van der Waals surface area contributed by atoms with E-state index in [0.717, 1.165) is 24.0 Å². The predicted octanol–water partition coefficient (Wildman–Crippen LogP) is 4.65. The summed E-state index contributed by atoms with van der Waals surface area (Å²) in [6.07, 6.45) is 7.18. The highest BCUT2D eigenvalue weighted by Crippen LogP contribution is 2.45. The quantitative estimate of drug-likeness (QED) is 0.285. The lowest BCUT2D eigenvalue weighted by atomic mass is 9.85. The molecule has 3 heterocycles. The zero-order valence-corrected chi connectivity index (χ0v) is 32.6. The van der Waals surface area contributed by atoms with E-state index >= 15 is 0 Å². The van der Waals surface area contributed by atoms with Crippen molar-refractivity contribution in [2.45, 2.75) is 94.7 Å². The van der Waals surface area contributed by atoms with Gasteiger partial charge in [-0.15, -0.1) is 6.58 Å². The molecule has 5 bridgehead atoms. The van der Waals surface area contributed by atoms with Crippen molar-refractivity contribution in [2.75, 3.05) is 13.2 Å². The molecular weight excluding hydrogens is 737 g/mol. The molecule has 0 unspecified atom stereocenters. The summed E-state index contributed by atoms with van der Waals surface area (Å²) < 4.78 is 39.8. The van der Waals surface area contributed by atoms with E-state index in [1.165, 1.54) is 11.0 Å². The number of nitrogens with one attached hydrogen (secondary N) is 3. The Morgan fingerprint density at radius 1 is 1.05 bits per heavy atom. The molecule has 3 fully saturated rings. The fraction of sp³-hybridized carbons (Fsp3) is 0.463. The second-order valence-electron chi connectivity index (χ2n) is 16.1. The fourth-order valence-electron chi connectivity index (χ4n) is 7.30. The first-order valence-electron chi connectivity index (χ1n) is 19.1. The molecule has 14 nitrogen and oxygen atoms in total. The molecule has 0 radical (unpaired) electrons. The van der Waals surface area contributed by atoms with Gasteiger partial charge in [0.05, 0.1) is 29.4 Å². The molecule has 5 atom stereocenters. The zero-order chi connectivity index (χ0) is 39.8. The van der Waals surface area contributed by atoms with Gasteiger partial charge < -0.3 is 25.0 Å². The van der Waals surface area contributed by atoms with Gasteiger partial charge in [-0.3, -0.25) is 19.1 Å². The summed E-state index contributed by atoms with van der Waals surface area (Å²) in [5.74, 6) is -2.40. The van der Waals surface area contributed by atoms with Crippen LogP contribution in [0, 0.1) is 11.3 Å². The molecule has 7 rings (SSSR count). The summed E-state index contributed by atoms with van der Waals surface area (Å²) in [7, 11) is -3.91. The highest BCUT2D eigenvalue weighted by molar-refractivity contribution is 7.91. The van der Waals surface area contributed by atoms with Gasteiger partial charge in [-0.2, -0.15) is 0 Å². The summed E-state index contributed by atoms with van der Waals surface area (Å²) in [4.78, 5) is 67.0. The predicted molar refractivity (Wildman–Crippen MR) is 209 cm³/mol. The van der Waals surface area contributed by atoms with E-state index < -0.39 is 74.1 Å². The third kappa shape index (κ3) is 8.27. The molecule has 15 heteroatoms. The molecule has 4 amide bonds. The molecule has 4 aliphatic rings. The normalized spacial score (nSPS) is 26.4. The van der Waals surface area contributed by atoms with E-state index in [4.69, 9.17) is 19.4 Å². The van der Waals surface area contributed by atoms with E-state index in [1.807, 2.05) is 60.7 Å². The molecule has 2 saturated carbocycles. The van der Waals surface area contributed by atoms with Crippen LogP contribution in [0.3, 0.4) is 0 Å². The number of rotatable bonds is 7. The number of carbonyl (C=O) groups is 4. The zero-order valence-electron chi connectivity index (χ0n) is 31.8. The van der Waals surface area contributed by atoms with Crippen LogP contribution < -0.4 is 20.1 Å². The van der Waals surface area contributed by atoms with E-state index in [-0.39, 0.29) is 31.9 Å². The minimum absolute atomic E-state index is 0.00751. The maximum Gasteiger partial charge on any atom is 0.407 e. The minimum atomic E-state index is -3.91. The SMILES string of the molecule is C=C[C@@H]1C[C@@]1(NC(=O)[C@@H]1C[C@@H]2CN1C(=O)[C@H](C(C)(C)C)NC(=O)OCCCC/C=C/c1ccc3nc(-c4ccccc4)c(nc3c1)O2)C(=O)NS(=O)(=O)C1CC1. The number of sulfonamides is 1. The van der Waals surface area contributed by atoms with Gasteiger partial charge in [0.25, 0.3) is 5.91 Å². The number of allylic oxidation sites excluding steroid dienone is 1. The number of ether oxygens (including phenoxy) is 2. The average Bonchev–Trinajstić information content (AvgIpc) is 4.09. The third-order valence-corrected chi connectivity index (χ3v) is 12.6. The molecule has 1 aromatic heterocycles. The first-order chi connectivity index (χ1) is 26.7. The molecule has 2 aromatic carbocycles. The molecule has 0 spiro atoms. The summed E-state index contributed by atoms with van der Waals surface area (Å²) in [5.41, 5.74) is 1.01. The van der Waals surface area contributed by atoms with E-state index in [9.17, 15) is 27.6 Å². The van der Waals surface area contributed by atoms with Crippen LogP contribution >= 0.6 is 0 Å². The molecule has 1 saturated heterocycles. The average molecular weight is 785 g/mol.